The normalized spacial score (nSPS) is 19.4. The van der Waals surface area contributed by atoms with Crippen molar-refractivity contribution in [1.82, 2.24) is 19.8 Å². The lowest BCUT2D eigenvalue weighted by Gasteiger charge is -2.49. The van der Waals surface area contributed by atoms with Gasteiger partial charge in [-0.05, 0) is 32.0 Å². The van der Waals surface area contributed by atoms with Gasteiger partial charge in [0.15, 0.2) is 0 Å². The summed E-state index contributed by atoms with van der Waals surface area (Å²) in [4.78, 5) is 16.5. The van der Waals surface area contributed by atoms with Crippen molar-refractivity contribution in [3.05, 3.63) is 29.5 Å². The monoisotopic (exact) mass is 375 g/mol. The molecule has 26 heavy (non-hydrogen) atoms. The van der Waals surface area contributed by atoms with Crippen molar-refractivity contribution in [2.45, 2.75) is 39.8 Å². The van der Waals surface area contributed by atoms with Crippen LogP contribution in [0.3, 0.4) is 0 Å². The number of anilines is 1. The summed E-state index contributed by atoms with van der Waals surface area (Å²) in [5.74, 6) is 0. The molecule has 2 fully saturated rings. The molecule has 0 unspecified atom stereocenters. The summed E-state index contributed by atoms with van der Waals surface area (Å²) in [6.45, 7) is 15.5. The van der Waals surface area contributed by atoms with Gasteiger partial charge in [-0.2, -0.15) is 0 Å². The third-order valence-corrected chi connectivity index (χ3v) is 5.52. The SMILES string of the molecule is CC.CC(C)N1CCN(C2CN(c3cnc4ccc(Cl)nc4c3)C2)CC1. The molecule has 0 aromatic carbocycles. The maximum atomic E-state index is 5.99. The molecule has 4 heterocycles. The molecule has 5 nitrogen and oxygen atoms in total. The molecule has 0 saturated carbocycles. The molecule has 0 bridgehead atoms. The summed E-state index contributed by atoms with van der Waals surface area (Å²) < 4.78 is 0. The van der Waals surface area contributed by atoms with Crippen molar-refractivity contribution in [1.29, 1.82) is 0 Å². The van der Waals surface area contributed by atoms with Gasteiger partial charge in [0, 0.05) is 51.4 Å². The highest BCUT2D eigenvalue weighted by Gasteiger charge is 2.34. The average molecular weight is 376 g/mol. The molecule has 142 valence electrons. The van der Waals surface area contributed by atoms with Gasteiger partial charge < -0.3 is 4.90 Å². The molecule has 0 aliphatic carbocycles. The zero-order chi connectivity index (χ0) is 18.7. The van der Waals surface area contributed by atoms with Gasteiger partial charge in [-0.1, -0.05) is 25.4 Å². The number of pyridine rings is 2. The molecule has 2 aliphatic heterocycles. The van der Waals surface area contributed by atoms with Gasteiger partial charge in [0.2, 0.25) is 0 Å². The predicted octanol–water partition coefficient (Wildman–Crippen LogP) is 3.52. The van der Waals surface area contributed by atoms with Crippen LogP contribution >= 0.6 is 11.6 Å². The van der Waals surface area contributed by atoms with Gasteiger partial charge in [0.25, 0.3) is 0 Å². The first-order valence-electron chi connectivity index (χ1n) is 9.75. The maximum Gasteiger partial charge on any atom is 0.129 e. The van der Waals surface area contributed by atoms with Gasteiger partial charge in [-0.3, -0.25) is 14.8 Å². The third-order valence-electron chi connectivity index (χ3n) is 5.31. The Balaban J connectivity index is 0.000000948. The van der Waals surface area contributed by atoms with E-state index in [0.717, 1.165) is 29.8 Å². The molecule has 2 aliphatic rings. The van der Waals surface area contributed by atoms with Crippen LogP contribution in [0.1, 0.15) is 27.7 Å². The highest BCUT2D eigenvalue weighted by atomic mass is 35.5. The highest BCUT2D eigenvalue weighted by molar-refractivity contribution is 6.29. The first-order chi connectivity index (χ1) is 12.6. The van der Waals surface area contributed by atoms with Crippen LogP contribution in [0.4, 0.5) is 5.69 Å². The first-order valence-corrected chi connectivity index (χ1v) is 10.1. The van der Waals surface area contributed by atoms with Crippen LogP contribution in [-0.2, 0) is 0 Å². The number of hydrogen-bond acceptors (Lipinski definition) is 5. The van der Waals surface area contributed by atoms with Gasteiger partial charge in [-0.15, -0.1) is 0 Å². The van der Waals surface area contributed by atoms with E-state index in [-0.39, 0.29) is 0 Å². The van der Waals surface area contributed by atoms with Gasteiger partial charge in [0.05, 0.1) is 22.9 Å². The Kier molecular flexibility index (Phi) is 6.33. The van der Waals surface area contributed by atoms with E-state index in [2.05, 4.69) is 44.6 Å². The largest absolute Gasteiger partial charge is 0.367 e. The molecule has 0 atom stereocenters. The minimum atomic E-state index is 0.519. The molecule has 0 amide bonds. The van der Waals surface area contributed by atoms with Crippen molar-refractivity contribution in [3.8, 4) is 0 Å². The predicted molar refractivity (Wildman–Crippen MR) is 110 cm³/mol. The van der Waals surface area contributed by atoms with E-state index in [1.807, 2.05) is 26.1 Å². The molecule has 0 spiro atoms. The number of piperazine rings is 1. The van der Waals surface area contributed by atoms with Gasteiger partial charge >= 0.3 is 0 Å². The fraction of sp³-hybridized carbons (Fsp3) is 0.600. The third kappa shape index (κ3) is 4.11. The Bertz CT molecular complexity index is 721. The summed E-state index contributed by atoms with van der Waals surface area (Å²) in [5, 5.41) is 0.519. The Morgan fingerprint density at radius 2 is 1.73 bits per heavy atom. The molecule has 4 rings (SSSR count). The lowest BCUT2D eigenvalue weighted by Crippen LogP contribution is -2.63. The van der Waals surface area contributed by atoms with Crippen molar-refractivity contribution in [2.75, 3.05) is 44.2 Å². The smallest absolute Gasteiger partial charge is 0.129 e. The van der Waals surface area contributed by atoms with Crippen LogP contribution in [0.5, 0.6) is 0 Å². The number of nitrogens with zero attached hydrogens (tertiary/aromatic N) is 5. The minimum absolute atomic E-state index is 0.519. The van der Waals surface area contributed by atoms with Crippen molar-refractivity contribution < 1.29 is 0 Å². The van der Waals surface area contributed by atoms with Gasteiger partial charge in [0.1, 0.15) is 5.15 Å². The van der Waals surface area contributed by atoms with Crippen LogP contribution in [0.15, 0.2) is 24.4 Å². The molecule has 2 saturated heterocycles. The molecule has 0 radical (unpaired) electrons. The number of rotatable bonds is 3. The average Bonchev–Trinajstić information content (AvgIpc) is 2.62. The number of fused-ring (bicyclic) bond motifs is 1. The topological polar surface area (TPSA) is 35.5 Å². The maximum absolute atomic E-state index is 5.99. The van der Waals surface area contributed by atoms with E-state index < -0.39 is 0 Å². The molecule has 2 aromatic heterocycles. The fourth-order valence-electron chi connectivity index (χ4n) is 3.66. The molecule has 2 aromatic rings. The van der Waals surface area contributed by atoms with Crippen LogP contribution in [0.25, 0.3) is 11.0 Å². The van der Waals surface area contributed by atoms with Crippen molar-refractivity contribution in [2.24, 2.45) is 0 Å². The van der Waals surface area contributed by atoms with Crippen LogP contribution in [0, 0.1) is 0 Å². The van der Waals surface area contributed by atoms with Crippen molar-refractivity contribution >= 4 is 28.3 Å². The van der Waals surface area contributed by atoms with E-state index in [4.69, 9.17) is 11.6 Å². The van der Waals surface area contributed by atoms with Crippen LogP contribution < -0.4 is 4.90 Å². The van der Waals surface area contributed by atoms with E-state index in [1.165, 1.54) is 26.2 Å². The van der Waals surface area contributed by atoms with E-state index >= 15 is 0 Å². The van der Waals surface area contributed by atoms with Crippen LogP contribution in [-0.4, -0.2) is 71.1 Å². The quantitative estimate of drug-likeness (QED) is 0.767. The van der Waals surface area contributed by atoms with E-state index in [1.54, 1.807) is 6.07 Å². The first kappa shape index (κ1) is 19.3. The number of halogens is 1. The summed E-state index contributed by atoms with van der Waals surface area (Å²) in [7, 11) is 0. The van der Waals surface area contributed by atoms with Crippen LogP contribution in [0.2, 0.25) is 5.15 Å². The second kappa shape index (κ2) is 8.51. The summed E-state index contributed by atoms with van der Waals surface area (Å²) in [6.07, 6.45) is 1.95. The fourth-order valence-corrected chi connectivity index (χ4v) is 3.81. The molecular formula is C20H30ClN5. The minimum Gasteiger partial charge on any atom is -0.367 e. The number of aromatic nitrogens is 2. The van der Waals surface area contributed by atoms with E-state index in [9.17, 15) is 0 Å². The standard InChI is InChI=1S/C18H24ClN5.C2H6/c1-13(2)22-5-7-23(8-6-22)15-11-24(12-15)14-9-17-16(20-10-14)3-4-18(19)21-17;1-2/h3-4,9-10,13,15H,5-8,11-12H2,1-2H3;1-2H3. The summed E-state index contributed by atoms with van der Waals surface area (Å²) in [6, 6.07) is 7.13. The Hall–Kier alpha value is -1.43. The lowest BCUT2D eigenvalue weighted by atomic mass is 10.0. The Labute approximate surface area is 162 Å². The Morgan fingerprint density at radius 3 is 2.38 bits per heavy atom. The number of hydrogen-bond donors (Lipinski definition) is 0. The summed E-state index contributed by atoms with van der Waals surface area (Å²) in [5.41, 5.74) is 2.91. The van der Waals surface area contributed by atoms with Gasteiger partial charge in [-0.25, -0.2) is 4.98 Å². The second-order valence-electron chi connectivity index (χ2n) is 7.09. The van der Waals surface area contributed by atoms with E-state index in [0.29, 0.717) is 17.2 Å². The zero-order valence-electron chi connectivity index (χ0n) is 16.3. The lowest BCUT2D eigenvalue weighted by molar-refractivity contribution is 0.0678. The molecule has 6 heteroatoms. The highest BCUT2D eigenvalue weighted by Crippen LogP contribution is 2.26. The Morgan fingerprint density at radius 1 is 1.04 bits per heavy atom. The molecular weight excluding hydrogens is 346 g/mol. The zero-order valence-corrected chi connectivity index (χ0v) is 17.1. The van der Waals surface area contributed by atoms with Crippen molar-refractivity contribution in [3.63, 3.8) is 0 Å². The molecule has 0 N–H and O–H groups in total. The second-order valence-corrected chi connectivity index (χ2v) is 7.48. The summed E-state index contributed by atoms with van der Waals surface area (Å²) >= 11 is 5.99.